The van der Waals surface area contributed by atoms with Gasteiger partial charge in [0, 0.05) is 6.07 Å². The maximum Gasteiger partial charge on any atom is 0.345 e. The zero-order chi connectivity index (χ0) is 20.3. The van der Waals surface area contributed by atoms with Crippen LogP contribution in [0.15, 0.2) is 30.3 Å². The molecule has 0 bridgehead atoms. The summed E-state index contributed by atoms with van der Waals surface area (Å²) in [5, 5.41) is 14.1. The van der Waals surface area contributed by atoms with E-state index >= 15 is 0 Å². The van der Waals surface area contributed by atoms with E-state index in [2.05, 4.69) is 5.32 Å². The Morgan fingerprint density at radius 1 is 1.21 bits per heavy atom. The molecule has 2 aromatic rings. The SMILES string of the molecule is Cc1ccc(NC(=O)COC(=O)c2cc3c(cc2[N+](=O)[O-])OCCO3)c(Cl)c1. The summed E-state index contributed by atoms with van der Waals surface area (Å²) in [6, 6.07) is 7.30. The number of rotatable bonds is 5. The van der Waals surface area contributed by atoms with Gasteiger partial charge in [-0.15, -0.1) is 0 Å². The number of nitrogens with zero attached hydrogens (tertiary/aromatic N) is 1. The number of halogens is 1. The van der Waals surface area contributed by atoms with Crippen LogP contribution < -0.4 is 14.8 Å². The number of hydrogen-bond donors (Lipinski definition) is 1. The number of ether oxygens (including phenoxy) is 3. The van der Waals surface area contributed by atoms with Crippen molar-refractivity contribution >= 4 is 34.9 Å². The second-order valence-corrected chi connectivity index (χ2v) is 6.28. The summed E-state index contributed by atoms with van der Waals surface area (Å²) in [5.41, 5.74) is 0.436. The van der Waals surface area contributed by atoms with E-state index in [4.69, 9.17) is 25.8 Å². The third-order valence-electron chi connectivity index (χ3n) is 3.81. The van der Waals surface area contributed by atoms with Gasteiger partial charge < -0.3 is 19.5 Å². The number of benzene rings is 2. The van der Waals surface area contributed by atoms with E-state index in [1.807, 2.05) is 6.92 Å². The van der Waals surface area contributed by atoms with E-state index in [9.17, 15) is 19.7 Å². The lowest BCUT2D eigenvalue weighted by Crippen LogP contribution is -2.22. The number of nitro benzene ring substituents is 1. The van der Waals surface area contributed by atoms with Gasteiger partial charge in [-0.05, 0) is 24.6 Å². The van der Waals surface area contributed by atoms with E-state index in [-0.39, 0.29) is 30.3 Å². The third-order valence-corrected chi connectivity index (χ3v) is 4.12. The van der Waals surface area contributed by atoms with E-state index < -0.39 is 29.1 Å². The first kappa shape index (κ1) is 19.4. The number of anilines is 1. The Kier molecular flexibility index (Phi) is 5.65. The van der Waals surface area contributed by atoms with Crippen molar-refractivity contribution in [3.8, 4) is 11.5 Å². The summed E-state index contributed by atoms with van der Waals surface area (Å²) in [6.07, 6.45) is 0. The lowest BCUT2D eigenvalue weighted by atomic mass is 10.1. The number of fused-ring (bicyclic) bond motifs is 1. The molecule has 0 saturated carbocycles. The van der Waals surface area contributed by atoms with Crippen LogP contribution in [0.3, 0.4) is 0 Å². The predicted molar refractivity (Wildman–Crippen MR) is 99.2 cm³/mol. The van der Waals surface area contributed by atoms with E-state index in [0.717, 1.165) is 11.6 Å². The van der Waals surface area contributed by atoms with Crippen molar-refractivity contribution in [1.82, 2.24) is 0 Å². The molecule has 0 aromatic heterocycles. The Bertz CT molecular complexity index is 961. The lowest BCUT2D eigenvalue weighted by molar-refractivity contribution is -0.385. The summed E-state index contributed by atoms with van der Waals surface area (Å²) in [5.74, 6) is -1.31. The first-order valence-electron chi connectivity index (χ1n) is 8.16. The maximum atomic E-state index is 12.3. The average molecular weight is 407 g/mol. The van der Waals surface area contributed by atoms with Crippen LogP contribution in [-0.2, 0) is 9.53 Å². The molecule has 0 saturated heterocycles. The van der Waals surface area contributed by atoms with Crippen molar-refractivity contribution in [2.45, 2.75) is 6.92 Å². The smallest absolute Gasteiger partial charge is 0.345 e. The molecule has 0 radical (unpaired) electrons. The minimum atomic E-state index is -1.03. The van der Waals surface area contributed by atoms with Crippen molar-refractivity contribution in [1.29, 1.82) is 0 Å². The molecule has 2 aromatic carbocycles. The van der Waals surface area contributed by atoms with Crippen LogP contribution in [0.2, 0.25) is 5.02 Å². The van der Waals surface area contributed by atoms with E-state index in [1.165, 1.54) is 6.07 Å². The molecule has 1 aliphatic heterocycles. The van der Waals surface area contributed by atoms with E-state index in [1.54, 1.807) is 18.2 Å². The highest BCUT2D eigenvalue weighted by molar-refractivity contribution is 6.33. The molecule has 10 heteroatoms. The van der Waals surface area contributed by atoms with Crippen molar-refractivity contribution < 1.29 is 28.7 Å². The molecule has 146 valence electrons. The highest BCUT2D eigenvalue weighted by atomic mass is 35.5. The molecule has 0 aliphatic carbocycles. The fourth-order valence-electron chi connectivity index (χ4n) is 2.51. The number of nitro groups is 1. The lowest BCUT2D eigenvalue weighted by Gasteiger charge is -2.18. The highest BCUT2D eigenvalue weighted by Gasteiger charge is 2.27. The van der Waals surface area contributed by atoms with Gasteiger partial charge in [-0.3, -0.25) is 14.9 Å². The van der Waals surface area contributed by atoms with Crippen LogP contribution in [0, 0.1) is 17.0 Å². The van der Waals surface area contributed by atoms with Gasteiger partial charge in [-0.1, -0.05) is 17.7 Å². The molecule has 1 amide bonds. The van der Waals surface area contributed by atoms with Crippen molar-refractivity contribution in [2.24, 2.45) is 0 Å². The molecule has 0 fully saturated rings. The van der Waals surface area contributed by atoms with Crippen LogP contribution in [0.5, 0.6) is 11.5 Å². The van der Waals surface area contributed by atoms with Crippen molar-refractivity contribution in [2.75, 3.05) is 25.1 Å². The van der Waals surface area contributed by atoms with Gasteiger partial charge in [-0.2, -0.15) is 0 Å². The fraction of sp³-hybridized carbons (Fsp3) is 0.222. The Labute approximate surface area is 164 Å². The Morgan fingerprint density at radius 3 is 2.54 bits per heavy atom. The van der Waals surface area contributed by atoms with Gasteiger partial charge in [0.15, 0.2) is 18.1 Å². The topological polar surface area (TPSA) is 117 Å². The zero-order valence-electron chi connectivity index (χ0n) is 14.7. The van der Waals surface area contributed by atoms with Gasteiger partial charge >= 0.3 is 5.97 Å². The summed E-state index contributed by atoms with van der Waals surface area (Å²) in [4.78, 5) is 34.8. The molecular formula is C18H15ClN2O7. The number of hydrogen-bond acceptors (Lipinski definition) is 7. The molecule has 3 rings (SSSR count). The first-order chi connectivity index (χ1) is 13.3. The van der Waals surface area contributed by atoms with Gasteiger partial charge in [0.05, 0.1) is 21.7 Å². The molecular weight excluding hydrogens is 392 g/mol. The van der Waals surface area contributed by atoms with Crippen LogP contribution in [0.25, 0.3) is 0 Å². The number of nitrogens with one attached hydrogen (secondary N) is 1. The monoisotopic (exact) mass is 406 g/mol. The molecule has 1 N–H and O–H groups in total. The third kappa shape index (κ3) is 4.32. The van der Waals surface area contributed by atoms with Crippen molar-refractivity contribution in [3.05, 3.63) is 56.6 Å². The van der Waals surface area contributed by atoms with Gasteiger partial charge in [0.25, 0.3) is 11.6 Å². The molecule has 0 atom stereocenters. The summed E-state index contributed by atoms with van der Waals surface area (Å²) in [6.45, 7) is 1.70. The summed E-state index contributed by atoms with van der Waals surface area (Å²) >= 11 is 6.03. The van der Waals surface area contributed by atoms with Gasteiger partial charge in [0.2, 0.25) is 0 Å². The number of esters is 1. The minimum Gasteiger partial charge on any atom is -0.486 e. The standard InChI is InChI=1S/C18H15ClN2O7/c1-10-2-3-13(12(19)6-10)20-17(22)9-28-18(23)11-7-15-16(27-5-4-26-15)8-14(11)21(24)25/h2-3,6-8H,4-5,9H2,1H3,(H,20,22). The quantitative estimate of drug-likeness (QED) is 0.460. The molecule has 1 aliphatic rings. The maximum absolute atomic E-state index is 12.3. The predicted octanol–water partition coefficient (Wildman–Crippen LogP) is 3.12. The largest absolute Gasteiger partial charge is 0.486 e. The molecule has 0 spiro atoms. The second-order valence-electron chi connectivity index (χ2n) is 5.88. The average Bonchev–Trinajstić information content (AvgIpc) is 2.67. The number of aryl methyl sites for hydroxylation is 1. The van der Waals surface area contributed by atoms with Crippen LogP contribution in [-0.4, -0.2) is 36.6 Å². The summed E-state index contributed by atoms with van der Waals surface area (Å²) in [7, 11) is 0. The van der Waals surface area contributed by atoms with Crippen molar-refractivity contribution in [3.63, 3.8) is 0 Å². The Balaban J connectivity index is 1.70. The first-order valence-corrected chi connectivity index (χ1v) is 8.54. The molecule has 1 heterocycles. The van der Waals surface area contributed by atoms with Crippen LogP contribution >= 0.6 is 11.6 Å². The number of amides is 1. The van der Waals surface area contributed by atoms with Crippen LogP contribution in [0.1, 0.15) is 15.9 Å². The molecule has 28 heavy (non-hydrogen) atoms. The summed E-state index contributed by atoms with van der Waals surface area (Å²) < 4.78 is 15.5. The minimum absolute atomic E-state index is 0.168. The number of carbonyl (C=O) groups excluding carboxylic acids is 2. The van der Waals surface area contributed by atoms with Gasteiger partial charge in [0.1, 0.15) is 18.8 Å². The second kappa shape index (κ2) is 8.13. The van der Waals surface area contributed by atoms with E-state index in [0.29, 0.717) is 10.7 Å². The highest BCUT2D eigenvalue weighted by Crippen LogP contribution is 2.36. The fourth-order valence-corrected chi connectivity index (χ4v) is 2.79. The normalized spacial score (nSPS) is 12.2. The number of carbonyl (C=O) groups is 2. The molecule has 9 nitrogen and oxygen atoms in total. The molecule has 0 unspecified atom stereocenters. The van der Waals surface area contributed by atoms with Crippen LogP contribution in [0.4, 0.5) is 11.4 Å². The Hall–Kier alpha value is -3.33. The Morgan fingerprint density at radius 2 is 1.89 bits per heavy atom. The zero-order valence-corrected chi connectivity index (χ0v) is 15.4. The van der Waals surface area contributed by atoms with Gasteiger partial charge in [-0.25, -0.2) is 4.79 Å².